The van der Waals surface area contributed by atoms with E-state index in [-0.39, 0.29) is 0 Å². The molecule has 0 saturated carbocycles. The molecule has 0 amide bonds. The maximum Gasteiger partial charge on any atom is 0.137 e. The average Bonchev–Trinajstić information content (AvgIpc) is 2.87. The molecular weight excluding hydrogens is 234 g/mol. The van der Waals surface area contributed by atoms with Gasteiger partial charge in [-0.25, -0.2) is 0 Å². The fraction of sp³-hybridized carbons (Fsp3) is 0.529. The van der Waals surface area contributed by atoms with Crippen LogP contribution in [0.1, 0.15) is 57.4 Å². The summed E-state index contributed by atoms with van der Waals surface area (Å²) in [5.41, 5.74) is 2.37. The molecule has 1 atom stereocenters. The lowest BCUT2D eigenvalue weighted by molar-refractivity contribution is 0.407. The smallest absolute Gasteiger partial charge is 0.137 e. The van der Waals surface area contributed by atoms with E-state index in [9.17, 15) is 0 Å². The highest BCUT2D eigenvalue weighted by Crippen LogP contribution is 2.29. The Kier molecular flexibility index (Phi) is 5.03. The summed E-state index contributed by atoms with van der Waals surface area (Å²) in [6.07, 6.45) is 4.46. The van der Waals surface area contributed by atoms with Crippen LogP contribution in [0.5, 0.6) is 0 Å². The lowest BCUT2D eigenvalue weighted by atomic mass is 10.1. The number of fused-ring (bicyclic) bond motifs is 1. The standard InChI is InChI=1S/C17H25NO/c1-4-8-15(18-11-5-2)16-12-14-10-7-9-13(6-3)17(14)19-16/h7,9-10,12,15,18H,4-6,8,11H2,1-3H3. The van der Waals surface area contributed by atoms with E-state index in [1.54, 1.807) is 0 Å². The predicted octanol–water partition coefficient (Wildman–Crippen LogP) is 4.84. The highest BCUT2D eigenvalue weighted by Gasteiger charge is 2.15. The lowest BCUT2D eigenvalue weighted by Crippen LogP contribution is -2.21. The second-order valence-electron chi connectivity index (χ2n) is 5.13. The molecule has 0 aliphatic rings. The van der Waals surface area contributed by atoms with Gasteiger partial charge in [-0.15, -0.1) is 0 Å². The van der Waals surface area contributed by atoms with Gasteiger partial charge in [0.25, 0.3) is 0 Å². The van der Waals surface area contributed by atoms with Crippen LogP contribution < -0.4 is 5.32 Å². The number of para-hydroxylation sites is 1. The zero-order valence-corrected chi connectivity index (χ0v) is 12.3. The summed E-state index contributed by atoms with van der Waals surface area (Å²) in [6.45, 7) is 7.64. The van der Waals surface area contributed by atoms with Crippen LogP contribution in [-0.4, -0.2) is 6.54 Å². The number of rotatable bonds is 7. The molecule has 0 spiro atoms. The third kappa shape index (κ3) is 3.19. The fourth-order valence-electron chi connectivity index (χ4n) is 2.55. The molecule has 1 N–H and O–H groups in total. The van der Waals surface area contributed by atoms with Crippen LogP contribution in [0.4, 0.5) is 0 Å². The Hall–Kier alpha value is -1.28. The number of hydrogen-bond acceptors (Lipinski definition) is 2. The van der Waals surface area contributed by atoms with Crippen LogP contribution in [0.2, 0.25) is 0 Å². The van der Waals surface area contributed by atoms with Crippen molar-refractivity contribution in [3.05, 3.63) is 35.6 Å². The quantitative estimate of drug-likeness (QED) is 0.770. The van der Waals surface area contributed by atoms with Gasteiger partial charge in [0.05, 0.1) is 6.04 Å². The maximum absolute atomic E-state index is 6.14. The monoisotopic (exact) mass is 259 g/mol. The summed E-state index contributed by atoms with van der Waals surface area (Å²) in [6, 6.07) is 8.97. The van der Waals surface area contributed by atoms with Crippen LogP contribution in [-0.2, 0) is 6.42 Å². The molecule has 0 bridgehead atoms. The summed E-state index contributed by atoms with van der Waals surface area (Å²) >= 11 is 0. The summed E-state index contributed by atoms with van der Waals surface area (Å²) in [4.78, 5) is 0. The molecule has 0 aliphatic carbocycles. The highest BCUT2D eigenvalue weighted by atomic mass is 16.3. The van der Waals surface area contributed by atoms with Crippen molar-refractivity contribution >= 4 is 11.0 Å². The SMILES string of the molecule is CCCNC(CCC)c1cc2cccc(CC)c2o1. The average molecular weight is 259 g/mol. The van der Waals surface area contributed by atoms with Gasteiger partial charge in [0.2, 0.25) is 0 Å². The molecule has 1 aromatic heterocycles. The first-order chi connectivity index (χ1) is 9.30. The van der Waals surface area contributed by atoms with E-state index in [1.165, 1.54) is 17.4 Å². The van der Waals surface area contributed by atoms with Gasteiger partial charge in [0.1, 0.15) is 11.3 Å². The van der Waals surface area contributed by atoms with E-state index in [0.717, 1.165) is 37.2 Å². The zero-order chi connectivity index (χ0) is 13.7. The number of nitrogens with one attached hydrogen (secondary N) is 1. The van der Waals surface area contributed by atoms with Gasteiger partial charge in [0, 0.05) is 5.39 Å². The molecule has 0 radical (unpaired) electrons. The number of furan rings is 1. The van der Waals surface area contributed by atoms with E-state index >= 15 is 0 Å². The van der Waals surface area contributed by atoms with Crippen molar-refractivity contribution in [1.29, 1.82) is 0 Å². The summed E-state index contributed by atoms with van der Waals surface area (Å²) in [5, 5.41) is 4.82. The van der Waals surface area contributed by atoms with E-state index < -0.39 is 0 Å². The molecule has 1 heterocycles. The Morgan fingerprint density at radius 1 is 1.16 bits per heavy atom. The topological polar surface area (TPSA) is 25.2 Å². The Balaban J connectivity index is 2.31. The van der Waals surface area contributed by atoms with Gasteiger partial charge in [-0.3, -0.25) is 0 Å². The highest BCUT2D eigenvalue weighted by molar-refractivity contribution is 5.81. The fourth-order valence-corrected chi connectivity index (χ4v) is 2.55. The van der Waals surface area contributed by atoms with E-state index in [0.29, 0.717) is 6.04 Å². The first kappa shape index (κ1) is 14.1. The molecule has 19 heavy (non-hydrogen) atoms. The largest absolute Gasteiger partial charge is 0.459 e. The Morgan fingerprint density at radius 2 is 2.00 bits per heavy atom. The first-order valence-electron chi connectivity index (χ1n) is 7.54. The molecular formula is C17H25NO. The molecule has 2 heteroatoms. The van der Waals surface area contributed by atoms with Crippen molar-refractivity contribution in [3.8, 4) is 0 Å². The van der Waals surface area contributed by atoms with Gasteiger partial charge in [-0.05, 0) is 37.4 Å². The predicted molar refractivity (Wildman–Crippen MR) is 81.5 cm³/mol. The van der Waals surface area contributed by atoms with Crippen molar-refractivity contribution < 1.29 is 4.42 Å². The molecule has 1 unspecified atom stereocenters. The third-order valence-electron chi connectivity index (χ3n) is 3.59. The second kappa shape index (κ2) is 6.76. The van der Waals surface area contributed by atoms with E-state index in [1.807, 2.05) is 0 Å². The van der Waals surface area contributed by atoms with Crippen molar-refractivity contribution in [3.63, 3.8) is 0 Å². The molecule has 1 aromatic carbocycles. The number of aryl methyl sites for hydroxylation is 1. The number of benzene rings is 1. The molecule has 2 aromatic rings. The maximum atomic E-state index is 6.14. The Labute approximate surface area is 116 Å². The van der Waals surface area contributed by atoms with Gasteiger partial charge < -0.3 is 9.73 Å². The first-order valence-corrected chi connectivity index (χ1v) is 7.54. The van der Waals surface area contributed by atoms with Crippen molar-refractivity contribution in [1.82, 2.24) is 5.32 Å². The summed E-state index contributed by atoms with van der Waals surface area (Å²) in [7, 11) is 0. The molecule has 0 fully saturated rings. The Bertz CT molecular complexity index is 515. The zero-order valence-electron chi connectivity index (χ0n) is 12.3. The minimum Gasteiger partial charge on any atom is -0.459 e. The van der Waals surface area contributed by atoms with Gasteiger partial charge >= 0.3 is 0 Å². The lowest BCUT2D eigenvalue weighted by Gasteiger charge is -2.14. The minimum absolute atomic E-state index is 0.349. The van der Waals surface area contributed by atoms with Crippen LogP contribution in [0.25, 0.3) is 11.0 Å². The third-order valence-corrected chi connectivity index (χ3v) is 3.59. The molecule has 0 aliphatic heterocycles. The molecule has 2 nitrogen and oxygen atoms in total. The van der Waals surface area contributed by atoms with E-state index in [2.05, 4.69) is 50.4 Å². The molecule has 2 rings (SSSR count). The van der Waals surface area contributed by atoms with Gasteiger partial charge in [-0.2, -0.15) is 0 Å². The Morgan fingerprint density at radius 3 is 2.68 bits per heavy atom. The second-order valence-corrected chi connectivity index (χ2v) is 5.13. The van der Waals surface area contributed by atoms with Crippen LogP contribution in [0.15, 0.2) is 28.7 Å². The van der Waals surface area contributed by atoms with Crippen molar-refractivity contribution in [2.24, 2.45) is 0 Å². The van der Waals surface area contributed by atoms with Crippen molar-refractivity contribution in [2.75, 3.05) is 6.54 Å². The van der Waals surface area contributed by atoms with Crippen LogP contribution in [0, 0.1) is 0 Å². The van der Waals surface area contributed by atoms with Crippen LogP contribution >= 0.6 is 0 Å². The normalized spacial score (nSPS) is 13.0. The summed E-state index contributed by atoms with van der Waals surface area (Å²) in [5.74, 6) is 1.09. The number of hydrogen-bond donors (Lipinski definition) is 1. The minimum atomic E-state index is 0.349. The van der Waals surface area contributed by atoms with Crippen LogP contribution in [0.3, 0.4) is 0 Å². The van der Waals surface area contributed by atoms with Crippen molar-refractivity contribution in [2.45, 2.75) is 52.5 Å². The van der Waals surface area contributed by atoms with E-state index in [4.69, 9.17) is 4.42 Å². The summed E-state index contributed by atoms with van der Waals surface area (Å²) < 4.78 is 6.14. The molecule has 104 valence electrons. The molecule has 0 saturated heterocycles. The van der Waals surface area contributed by atoms with Gasteiger partial charge in [-0.1, -0.05) is 45.4 Å². The van der Waals surface area contributed by atoms with Gasteiger partial charge in [0.15, 0.2) is 0 Å².